The van der Waals surface area contributed by atoms with Crippen LogP contribution >= 0.6 is 11.8 Å². The van der Waals surface area contributed by atoms with E-state index in [1.807, 2.05) is 0 Å². The topological polar surface area (TPSA) is 12.0 Å². The Morgan fingerprint density at radius 2 is 2.11 bits per heavy atom. The van der Waals surface area contributed by atoms with E-state index in [0.29, 0.717) is 12.1 Å². The van der Waals surface area contributed by atoms with Crippen molar-refractivity contribution in [2.45, 2.75) is 58.0 Å². The van der Waals surface area contributed by atoms with Crippen LogP contribution < -0.4 is 5.32 Å². The number of hydrogen-bond donors (Lipinski definition) is 1. The molecule has 106 valence electrons. The summed E-state index contributed by atoms with van der Waals surface area (Å²) in [5.74, 6) is 2.62. The summed E-state index contributed by atoms with van der Waals surface area (Å²) < 4.78 is 0. The van der Waals surface area contributed by atoms with Gasteiger partial charge in [0.1, 0.15) is 0 Å². The summed E-state index contributed by atoms with van der Waals surface area (Å²) in [5, 5.41) is 3.78. The van der Waals surface area contributed by atoms with Crippen molar-refractivity contribution in [2.24, 2.45) is 0 Å². The van der Waals surface area contributed by atoms with Gasteiger partial charge in [-0.15, -0.1) is 0 Å². The van der Waals surface area contributed by atoms with Crippen molar-refractivity contribution in [3.05, 3.63) is 35.4 Å². The van der Waals surface area contributed by atoms with E-state index < -0.39 is 0 Å². The quantitative estimate of drug-likeness (QED) is 0.817. The zero-order valence-electron chi connectivity index (χ0n) is 12.3. The highest BCUT2D eigenvalue weighted by atomic mass is 32.2. The van der Waals surface area contributed by atoms with Crippen molar-refractivity contribution < 1.29 is 0 Å². The van der Waals surface area contributed by atoms with Crippen molar-refractivity contribution in [3.8, 4) is 0 Å². The second kappa shape index (κ2) is 7.96. The maximum absolute atomic E-state index is 3.78. The summed E-state index contributed by atoms with van der Waals surface area (Å²) in [6.45, 7) is 4.54. The van der Waals surface area contributed by atoms with Gasteiger partial charge in [-0.2, -0.15) is 11.8 Å². The summed E-state index contributed by atoms with van der Waals surface area (Å²) in [7, 11) is 0. The second-order valence-electron chi connectivity index (χ2n) is 5.65. The molecule has 0 aliphatic carbocycles. The van der Waals surface area contributed by atoms with E-state index in [0.717, 1.165) is 0 Å². The van der Waals surface area contributed by atoms with Gasteiger partial charge in [0.05, 0.1) is 0 Å². The number of aryl methyl sites for hydroxylation is 1. The van der Waals surface area contributed by atoms with Crippen LogP contribution in [0, 0.1) is 0 Å². The minimum absolute atomic E-state index is 0.476. The van der Waals surface area contributed by atoms with E-state index in [1.165, 1.54) is 54.7 Å². The smallest absolute Gasteiger partial charge is 0.0294 e. The number of unbranched alkanes of at least 4 members (excludes halogenated alkanes) is 1. The van der Waals surface area contributed by atoms with Crippen LogP contribution in [-0.4, -0.2) is 17.5 Å². The van der Waals surface area contributed by atoms with Gasteiger partial charge < -0.3 is 5.32 Å². The van der Waals surface area contributed by atoms with Crippen LogP contribution in [0.2, 0.25) is 0 Å². The molecule has 0 saturated carbocycles. The molecule has 2 heteroatoms. The van der Waals surface area contributed by atoms with Gasteiger partial charge in [-0.05, 0) is 49.5 Å². The molecule has 0 radical (unpaired) electrons. The van der Waals surface area contributed by atoms with E-state index in [1.54, 1.807) is 0 Å². The summed E-state index contributed by atoms with van der Waals surface area (Å²) in [6, 6.07) is 10.4. The monoisotopic (exact) mass is 277 g/mol. The molecule has 2 unspecified atom stereocenters. The molecule has 0 bridgehead atoms. The van der Waals surface area contributed by atoms with Crippen molar-refractivity contribution in [1.82, 2.24) is 5.32 Å². The van der Waals surface area contributed by atoms with Crippen molar-refractivity contribution >= 4 is 11.8 Å². The van der Waals surface area contributed by atoms with Gasteiger partial charge in [0.15, 0.2) is 0 Å². The van der Waals surface area contributed by atoms with Gasteiger partial charge in [-0.3, -0.25) is 0 Å². The summed E-state index contributed by atoms with van der Waals surface area (Å²) in [4.78, 5) is 0. The number of hydrogen-bond acceptors (Lipinski definition) is 2. The average molecular weight is 277 g/mol. The minimum atomic E-state index is 0.476. The van der Waals surface area contributed by atoms with E-state index in [4.69, 9.17) is 0 Å². The van der Waals surface area contributed by atoms with Crippen molar-refractivity contribution in [3.63, 3.8) is 0 Å². The standard InChI is InChI=1S/C17H27NS/c1-3-4-6-15-8-10-16(11-9-15)14(2)18-17-7-5-12-19-13-17/h8-11,14,17-18H,3-7,12-13H2,1-2H3. The Bertz CT molecular complexity index is 354. The molecule has 2 rings (SSSR count). The molecule has 1 aliphatic heterocycles. The second-order valence-corrected chi connectivity index (χ2v) is 6.80. The molecule has 0 aromatic heterocycles. The third kappa shape index (κ3) is 4.85. The molecule has 1 N–H and O–H groups in total. The van der Waals surface area contributed by atoms with Crippen molar-refractivity contribution in [1.29, 1.82) is 0 Å². The third-order valence-electron chi connectivity index (χ3n) is 3.94. The highest BCUT2D eigenvalue weighted by Gasteiger charge is 2.16. The fourth-order valence-electron chi connectivity index (χ4n) is 2.68. The molecule has 1 aromatic carbocycles. The Morgan fingerprint density at radius 1 is 1.32 bits per heavy atom. The highest BCUT2D eigenvalue weighted by molar-refractivity contribution is 7.99. The van der Waals surface area contributed by atoms with Gasteiger partial charge in [0.25, 0.3) is 0 Å². The number of rotatable bonds is 6. The van der Waals surface area contributed by atoms with E-state index >= 15 is 0 Å². The molecule has 1 saturated heterocycles. The van der Waals surface area contributed by atoms with Gasteiger partial charge in [-0.1, -0.05) is 37.6 Å². The fourth-order valence-corrected chi connectivity index (χ4v) is 3.76. The predicted octanol–water partition coefficient (Wildman–Crippen LogP) is 4.58. The lowest BCUT2D eigenvalue weighted by molar-refractivity contribution is 0.452. The Kier molecular flexibility index (Phi) is 6.25. The first-order chi connectivity index (χ1) is 9.29. The molecule has 1 aromatic rings. The van der Waals surface area contributed by atoms with Crippen molar-refractivity contribution in [2.75, 3.05) is 11.5 Å². The molecule has 2 atom stereocenters. The van der Waals surface area contributed by atoms with Crippen LogP contribution in [0.25, 0.3) is 0 Å². The lowest BCUT2D eigenvalue weighted by Crippen LogP contribution is -2.35. The first-order valence-electron chi connectivity index (χ1n) is 7.72. The molecule has 1 heterocycles. The maximum Gasteiger partial charge on any atom is 0.0294 e. The number of thioether (sulfide) groups is 1. The molecular formula is C17H27NS. The van der Waals surface area contributed by atoms with Gasteiger partial charge in [0, 0.05) is 17.8 Å². The van der Waals surface area contributed by atoms with Crippen LogP contribution in [0.3, 0.4) is 0 Å². The maximum atomic E-state index is 3.78. The SMILES string of the molecule is CCCCc1ccc(C(C)NC2CCCSC2)cc1. The average Bonchev–Trinajstić information content (AvgIpc) is 2.46. The zero-order chi connectivity index (χ0) is 13.5. The Morgan fingerprint density at radius 3 is 2.74 bits per heavy atom. The van der Waals surface area contributed by atoms with Gasteiger partial charge in [0.2, 0.25) is 0 Å². The summed E-state index contributed by atoms with van der Waals surface area (Å²) in [5.41, 5.74) is 2.90. The Balaban J connectivity index is 1.85. The normalized spacial score (nSPS) is 21.3. The third-order valence-corrected chi connectivity index (χ3v) is 5.16. The van der Waals surface area contributed by atoms with Crippen LogP contribution in [0.1, 0.15) is 56.7 Å². The molecule has 0 amide bonds. The van der Waals surface area contributed by atoms with E-state index in [2.05, 4.69) is 55.2 Å². The predicted molar refractivity (Wildman–Crippen MR) is 87.0 cm³/mol. The molecule has 19 heavy (non-hydrogen) atoms. The zero-order valence-corrected chi connectivity index (χ0v) is 13.1. The minimum Gasteiger partial charge on any atom is -0.307 e. The summed E-state index contributed by atoms with van der Waals surface area (Å²) in [6.07, 6.45) is 6.50. The molecule has 0 spiro atoms. The molecule has 1 nitrogen and oxygen atoms in total. The Hall–Kier alpha value is -0.470. The first-order valence-corrected chi connectivity index (χ1v) is 8.87. The molecule has 1 fully saturated rings. The molecule has 1 aliphatic rings. The van der Waals surface area contributed by atoms with Crippen LogP contribution in [0.5, 0.6) is 0 Å². The van der Waals surface area contributed by atoms with Crippen LogP contribution in [0.15, 0.2) is 24.3 Å². The van der Waals surface area contributed by atoms with E-state index in [9.17, 15) is 0 Å². The Labute approximate surface area is 122 Å². The van der Waals surface area contributed by atoms with E-state index in [-0.39, 0.29) is 0 Å². The number of benzene rings is 1. The van der Waals surface area contributed by atoms with Crippen LogP contribution in [0.4, 0.5) is 0 Å². The highest BCUT2D eigenvalue weighted by Crippen LogP contribution is 2.21. The largest absolute Gasteiger partial charge is 0.307 e. The first kappa shape index (κ1) is 14.9. The lowest BCUT2D eigenvalue weighted by atomic mass is 10.0. The van der Waals surface area contributed by atoms with Gasteiger partial charge in [-0.25, -0.2) is 0 Å². The van der Waals surface area contributed by atoms with Crippen LogP contribution in [-0.2, 0) is 6.42 Å². The summed E-state index contributed by atoms with van der Waals surface area (Å²) >= 11 is 2.09. The fraction of sp³-hybridized carbons (Fsp3) is 0.647. The lowest BCUT2D eigenvalue weighted by Gasteiger charge is -2.26. The number of nitrogens with one attached hydrogen (secondary N) is 1. The van der Waals surface area contributed by atoms with Gasteiger partial charge >= 0.3 is 0 Å². The molecular weight excluding hydrogens is 250 g/mol.